The molecule has 0 saturated heterocycles. The maximum atomic E-state index is 12.2. The number of nitrogens with zero attached hydrogens (tertiary/aromatic N) is 3. The third kappa shape index (κ3) is 2.91. The molecule has 21 heavy (non-hydrogen) atoms. The first-order valence-electron chi connectivity index (χ1n) is 6.45. The SMILES string of the molecule is Cc1c([N+](=O)[O-])c(C(=O)NC(C)c2ccccc2)nn1C. The number of aryl methyl sites for hydroxylation is 1. The van der Waals surface area contributed by atoms with Crippen LogP contribution in [0, 0.1) is 17.0 Å². The van der Waals surface area contributed by atoms with Gasteiger partial charge in [0.2, 0.25) is 5.69 Å². The van der Waals surface area contributed by atoms with Crippen LogP contribution in [-0.4, -0.2) is 20.6 Å². The van der Waals surface area contributed by atoms with E-state index in [2.05, 4.69) is 10.4 Å². The molecule has 0 aliphatic rings. The Labute approximate surface area is 121 Å². The molecule has 0 spiro atoms. The molecule has 0 saturated carbocycles. The highest BCUT2D eigenvalue weighted by Crippen LogP contribution is 2.23. The van der Waals surface area contributed by atoms with E-state index in [1.807, 2.05) is 37.3 Å². The lowest BCUT2D eigenvalue weighted by atomic mass is 10.1. The molecule has 7 nitrogen and oxygen atoms in total. The standard InChI is InChI=1S/C14H16N4O3/c1-9(11-7-5-4-6-8-11)15-14(19)12-13(18(20)21)10(2)17(3)16-12/h4-9H,1-3H3,(H,15,19). The topological polar surface area (TPSA) is 90.1 Å². The molecule has 1 N–H and O–H groups in total. The highest BCUT2D eigenvalue weighted by Gasteiger charge is 2.29. The van der Waals surface area contributed by atoms with Crippen molar-refractivity contribution in [2.24, 2.45) is 7.05 Å². The maximum absolute atomic E-state index is 12.2. The Bertz CT molecular complexity index is 679. The summed E-state index contributed by atoms with van der Waals surface area (Å²) in [7, 11) is 1.57. The van der Waals surface area contributed by atoms with E-state index >= 15 is 0 Å². The van der Waals surface area contributed by atoms with Crippen molar-refractivity contribution in [1.29, 1.82) is 0 Å². The van der Waals surface area contributed by atoms with Crippen molar-refractivity contribution >= 4 is 11.6 Å². The summed E-state index contributed by atoms with van der Waals surface area (Å²) in [6, 6.07) is 9.11. The normalized spacial score (nSPS) is 12.0. The fourth-order valence-corrected chi connectivity index (χ4v) is 2.06. The molecule has 0 aliphatic carbocycles. The van der Waals surface area contributed by atoms with Crippen molar-refractivity contribution in [2.75, 3.05) is 0 Å². The van der Waals surface area contributed by atoms with Crippen LogP contribution in [0.25, 0.3) is 0 Å². The second kappa shape index (κ2) is 5.74. The molecule has 1 aromatic heterocycles. The lowest BCUT2D eigenvalue weighted by molar-refractivity contribution is -0.385. The summed E-state index contributed by atoms with van der Waals surface area (Å²) in [6.07, 6.45) is 0. The van der Waals surface area contributed by atoms with Crippen molar-refractivity contribution in [1.82, 2.24) is 15.1 Å². The van der Waals surface area contributed by atoms with Gasteiger partial charge in [0.05, 0.1) is 11.0 Å². The van der Waals surface area contributed by atoms with Crippen LogP contribution in [0.4, 0.5) is 5.69 Å². The summed E-state index contributed by atoms with van der Waals surface area (Å²) in [5, 5.41) is 17.8. The number of amides is 1. The molecule has 1 unspecified atom stereocenters. The van der Waals surface area contributed by atoms with E-state index in [0.717, 1.165) is 5.56 Å². The van der Waals surface area contributed by atoms with Gasteiger partial charge in [-0.2, -0.15) is 5.10 Å². The van der Waals surface area contributed by atoms with E-state index in [4.69, 9.17) is 0 Å². The number of hydrogen-bond acceptors (Lipinski definition) is 4. The Balaban J connectivity index is 2.25. The number of nitrogens with one attached hydrogen (secondary N) is 1. The first-order chi connectivity index (χ1) is 9.91. The summed E-state index contributed by atoms with van der Waals surface area (Å²) in [6.45, 7) is 3.37. The van der Waals surface area contributed by atoms with Gasteiger partial charge in [0.15, 0.2) is 0 Å². The van der Waals surface area contributed by atoms with Crippen LogP contribution in [0.3, 0.4) is 0 Å². The third-order valence-electron chi connectivity index (χ3n) is 3.35. The predicted octanol–water partition coefficient (Wildman–Crippen LogP) is 2.13. The molecule has 0 bridgehead atoms. The lowest BCUT2D eigenvalue weighted by Gasteiger charge is -2.12. The second-order valence-electron chi connectivity index (χ2n) is 4.77. The summed E-state index contributed by atoms with van der Waals surface area (Å²) in [5.41, 5.74) is 0.844. The number of carbonyl (C=O) groups is 1. The number of rotatable bonds is 4. The molecule has 1 heterocycles. The largest absolute Gasteiger partial charge is 0.344 e. The van der Waals surface area contributed by atoms with Gasteiger partial charge in [0.25, 0.3) is 5.91 Å². The molecular weight excluding hydrogens is 272 g/mol. The monoisotopic (exact) mass is 288 g/mol. The van der Waals surface area contributed by atoms with Crippen LogP contribution < -0.4 is 5.32 Å². The first-order valence-corrected chi connectivity index (χ1v) is 6.45. The van der Waals surface area contributed by atoms with Gasteiger partial charge in [0.1, 0.15) is 5.69 Å². The summed E-state index contributed by atoms with van der Waals surface area (Å²) in [4.78, 5) is 22.7. The average Bonchev–Trinajstić information content (AvgIpc) is 2.76. The molecule has 1 amide bonds. The Kier molecular flexibility index (Phi) is 4.02. The van der Waals surface area contributed by atoms with E-state index in [1.54, 1.807) is 14.0 Å². The molecule has 1 aromatic carbocycles. The van der Waals surface area contributed by atoms with E-state index in [0.29, 0.717) is 5.69 Å². The summed E-state index contributed by atoms with van der Waals surface area (Å²) in [5.74, 6) is -0.554. The molecular formula is C14H16N4O3. The quantitative estimate of drug-likeness (QED) is 0.689. The average molecular weight is 288 g/mol. The van der Waals surface area contributed by atoms with Crippen molar-refractivity contribution in [3.8, 4) is 0 Å². The number of carbonyl (C=O) groups excluding carboxylic acids is 1. The molecule has 0 fully saturated rings. The molecule has 0 radical (unpaired) electrons. The minimum absolute atomic E-state index is 0.164. The van der Waals surface area contributed by atoms with Crippen molar-refractivity contribution in [3.05, 3.63) is 57.4 Å². The van der Waals surface area contributed by atoms with Crippen LogP contribution in [0.1, 0.15) is 34.7 Å². The molecule has 2 rings (SSSR count). The molecule has 110 valence electrons. The van der Waals surface area contributed by atoms with Gasteiger partial charge < -0.3 is 5.32 Å². The number of hydrogen-bond donors (Lipinski definition) is 1. The van der Waals surface area contributed by atoms with Gasteiger partial charge in [-0.15, -0.1) is 0 Å². The maximum Gasteiger partial charge on any atom is 0.322 e. The van der Waals surface area contributed by atoms with Crippen LogP contribution in [0.15, 0.2) is 30.3 Å². The Morgan fingerprint density at radius 2 is 2.00 bits per heavy atom. The van der Waals surface area contributed by atoms with Crippen LogP contribution in [-0.2, 0) is 7.05 Å². The van der Waals surface area contributed by atoms with Crippen molar-refractivity contribution < 1.29 is 9.72 Å². The summed E-state index contributed by atoms with van der Waals surface area (Å²) >= 11 is 0. The smallest absolute Gasteiger partial charge is 0.322 e. The Morgan fingerprint density at radius 1 is 1.38 bits per heavy atom. The Hall–Kier alpha value is -2.70. The number of aromatic nitrogens is 2. The van der Waals surface area contributed by atoms with Gasteiger partial charge in [-0.25, -0.2) is 0 Å². The summed E-state index contributed by atoms with van der Waals surface area (Å²) < 4.78 is 1.33. The predicted molar refractivity (Wildman–Crippen MR) is 76.9 cm³/mol. The highest BCUT2D eigenvalue weighted by atomic mass is 16.6. The number of benzene rings is 1. The van der Waals surface area contributed by atoms with Gasteiger partial charge in [-0.1, -0.05) is 30.3 Å². The zero-order valence-electron chi connectivity index (χ0n) is 12.0. The zero-order valence-corrected chi connectivity index (χ0v) is 12.0. The van der Waals surface area contributed by atoms with E-state index in [-0.39, 0.29) is 17.4 Å². The fourth-order valence-electron chi connectivity index (χ4n) is 2.06. The molecule has 7 heteroatoms. The minimum atomic E-state index is -0.579. The lowest BCUT2D eigenvalue weighted by Crippen LogP contribution is -2.27. The second-order valence-corrected chi connectivity index (χ2v) is 4.77. The molecule has 0 aliphatic heterocycles. The van der Waals surface area contributed by atoms with Gasteiger partial charge >= 0.3 is 5.69 Å². The minimum Gasteiger partial charge on any atom is -0.344 e. The molecule has 2 aromatic rings. The van der Waals surface area contributed by atoms with E-state index < -0.39 is 10.8 Å². The van der Waals surface area contributed by atoms with E-state index in [9.17, 15) is 14.9 Å². The fraction of sp³-hybridized carbons (Fsp3) is 0.286. The van der Waals surface area contributed by atoms with Crippen molar-refractivity contribution in [2.45, 2.75) is 19.9 Å². The van der Waals surface area contributed by atoms with Crippen LogP contribution >= 0.6 is 0 Å². The molecule has 1 atom stereocenters. The first kappa shape index (κ1) is 14.7. The third-order valence-corrected chi connectivity index (χ3v) is 3.35. The van der Waals surface area contributed by atoms with Gasteiger partial charge in [-0.3, -0.25) is 19.6 Å². The van der Waals surface area contributed by atoms with E-state index in [1.165, 1.54) is 4.68 Å². The van der Waals surface area contributed by atoms with Crippen LogP contribution in [0.5, 0.6) is 0 Å². The zero-order chi connectivity index (χ0) is 15.6. The van der Waals surface area contributed by atoms with Gasteiger partial charge in [-0.05, 0) is 19.4 Å². The highest BCUT2D eigenvalue weighted by molar-refractivity contribution is 5.96. The van der Waals surface area contributed by atoms with Crippen LogP contribution in [0.2, 0.25) is 0 Å². The number of nitro groups is 1. The Morgan fingerprint density at radius 3 is 2.57 bits per heavy atom. The van der Waals surface area contributed by atoms with Crippen molar-refractivity contribution in [3.63, 3.8) is 0 Å². The van der Waals surface area contributed by atoms with Gasteiger partial charge in [0, 0.05) is 7.05 Å².